The third kappa shape index (κ3) is 4.42. The highest BCUT2D eigenvalue weighted by Gasteiger charge is 2.35. The SMILES string of the molecule is O=C(CSc1nc(C(F)(F)F)nc2ccccc12)N1CCCCCC1. The van der Waals surface area contributed by atoms with Crippen LogP contribution < -0.4 is 0 Å². The number of carbonyl (C=O) groups excluding carboxylic acids is 1. The number of thioether (sulfide) groups is 1. The third-order valence-electron chi connectivity index (χ3n) is 4.11. The number of benzene rings is 1. The quantitative estimate of drug-likeness (QED) is 0.603. The molecule has 0 radical (unpaired) electrons. The Kier molecular flexibility index (Phi) is 5.46. The summed E-state index contributed by atoms with van der Waals surface area (Å²) < 4.78 is 39.1. The molecule has 0 bridgehead atoms. The molecule has 0 unspecified atom stereocenters. The van der Waals surface area contributed by atoms with Crippen molar-refractivity contribution in [2.75, 3.05) is 18.8 Å². The molecule has 2 heterocycles. The van der Waals surface area contributed by atoms with Gasteiger partial charge in [-0.3, -0.25) is 4.79 Å². The Bertz CT molecular complexity index is 758. The summed E-state index contributed by atoms with van der Waals surface area (Å²) in [6, 6.07) is 6.55. The number of hydrogen-bond donors (Lipinski definition) is 0. The molecule has 1 aliphatic heterocycles. The molecule has 1 fully saturated rings. The van der Waals surface area contributed by atoms with Crippen LogP contribution in [0.25, 0.3) is 10.9 Å². The minimum atomic E-state index is -4.62. The maximum absolute atomic E-state index is 13.0. The van der Waals surface area contributed by atoms with Crippen LogP contribution in [0.5, 0.6) is 0 Å². The van der Waals surface area contributed by atoms with Crippen molar-refractivity contribution in [1.29, 1.82) is 0 Å². The largest absolute Gasteiger partial charge is 0.451 e. The summed E-state index contributed by atoms with van der Waals surface area (Å²) in [5, 5.41) is 0.727. The average Bonchev–Trinajstić information content (AvgIpc) is 2.87. The lowest BCUT2D eigenvalue weighted by Crippen LogP contribution is -2.33. The predicted octanol–water partition coefficient (Wildman–Crippen LogP) is 4.14. The van der Waals surface area contributed by atoms with Crippen LogP contribution >= 0.6 is 11.8 Å². The molecule has 134 valence electrons. The van der Waals surface area contributed by atoms with Gasteiger partial charge in [-0.1, -0.05) is 42.8 Å². The van der Waals surface area contributed by atoms with Crippen LogP contribution in [0, 0.1) is 0 Å². The molecule has 2 aromatic rings. The van der Waals surface area contributed by atoms with Crippen molar-refractivity contribution in [3.63, 3.8) is 0 Å². The zero-order chi connectivity index (χ0) is 17.9. The highest BCUT2D eigenvalue weighted by molar-refractivity contribution is 8.00. The van der Waals surface area contributed by atoms with Crippen LogP contribution in [0.4, 0.5) is 13.2 Å². The Hall–Kier alpha value is -1.83. The van der Waals surface area contributed by atoms with Crippen LogP contribution in [0.15, 0.2) is 29.3 Å². The molecule has 1 aromatic heterocycles. The maximum Gasteiger partial charge on any atom is 0.451 e. The molecule has 0 atom stereocenters. The Balaban J connectivity index is 1.81. The molecule has 4 nitrogen and oxygen atoms in total. The van der Waals surface area contributed by atoms with E-state index in [1.807, 2.05) is 0 Å². The first-order valence-corrected chi connectivity index (χ1v) is 9.18. The van der Waals surface area contributed by atoms with Crippen LogP contribution in [-0.2, 0) is 11.0 Å². The van der Waals surface area contributed by atoms with E-state index in [4.69, 9.17) is 0 Å². The van der Waals surface area contributed by atoms with Gasteiger partial charge in [-0.2, -0.15) is 13.2 Å². The summed E-state index contributed by atoms with van der Waals surface area (Å²) in [5.74, 6) is -1.14. The van der Waals surface area contributed by atoms with Crippen LogP contribution in [0.2, 0.25) is 0 Å². The second-order valence-corrected chi connectivity index (χ2v) is 6.91. The smallest absolute Gasteiger partial charge is 0.342 e. The van der Waals surface area contributed by atoms with Crippen molar-refractivity contribution in [2.24, 2.45) is 0 Å². The summed E-state index contributed by atoms with van der Waals surface area (Å²) in [6.07, 6.45) is -0.435. The molecule has 1 saturated heterocycles. The van der Waals surface area contributed by atoms with Gasteiger partial charge < -0.3 is 4.90 Å². The van der Waals surface area contributed by atoms with Gasteiger partial charge in [-0.15, -0.1) is 0 Å². The number of halogens is 3. The van der Waals surface area contributed by atoms with Gasteiger partial charge in [-0.05, 0) is 18.9 Å². The van der Waals surface area contributed by atoms with E-state index in [-0.39, 0.29) is 22.2 Å². The van der Waals surface area contributed by atoms with Crippen molar-refractivity contribution in [1.82, 2.24) is 14.9 Å². The Morgan fingerprint density at radius 3 is 2.44 bits per heavy atom. The highest BCUT2D eigenvalue weighted by atomic mass is 32.2. The summed E-state index contributed by atoms with van der Waals surface area (Å²) in [7, 11) is 0. The van der Waals surface area contributed by atoms with Gasteiger partial charge in [-0.25, -0.2) is 9.97 Å². The van der Waals surface area contributed by atoms with Gasteiger partial charge in [0, 0.05) is 18.5 Å². The zero-order valence-electron chi connectivity index (χ0n) is 13.6. The number of amides is 1. The second kappa shape index (κ2) is 7.59. The lowest BCUT2D eigenvalue weighted by atomic mass is 10.2. The van der Waals surface area contributed by atoms with Gasteiger partial charge in [0.05, 0.1) is 11.3 Å². The Morgan fingerprint density at radius 1 is 1.08 bits per heavy atom. The number of alkyl halides is 3. The van der Waals surface area contributed by atoms with Gasteiger partial charge in [0.25, 0.3) is 0 Å². The first kappa shape index (κ1) is 18.0. The van der Waals surface area contributed by atoms with Gasteiger partial charge in [0.2, 0.25) is 11.7 Å². The predicted molar refractivity (Wildman–Crippen MR) is 90.3 cm³/mol. The van der Waals surface area contributed by atoms with Gasteiger partial charge >= 0.3 is 6.18 Å². The maximum atomic E-state index is 13.0. The first-order chi connectivity index (χ1) is 11.9. The van der Waals surface area contributed by atoms with Crippen LogP contribution in [-0.4, -0.2) is 39.6 Å². The fraction of sp³-hybridized carbons (Fsp3) is 0.471. The number of hydrogen-bond acceptors (Lipinski definition) is 4. The van der Waals surface area contributed by atoms with Crippen molar-refractivity contribution >= 4 is 28.6 Å². The fourth-order valence-electron chi connectivity index (χ4n) is 2.83. The zero-order valence-corrected chi connectivity index (χ0v) is 14.4. The molecule has 25 heavy (non-hydrogen) atoms. The Morgan fingerprint density at radius 2 is 1.76 bits per heavy atom. The minimum absolute atomic E-state index is 0.0526. The molecule has 8 heteroatoms. The summed E-state index contributed by atoms with van der Waals surface area (Å²) in [4.78, 5) is 21.4. The third-order valence-corrected chi connectivity index (χ3v) is 5.09. The molecule has 0 saturated carbocycles. The van der Waals surface area contributed by atoms with Crippen LogP contribution in [0.1, 0.15) is 31.5 Å². The average molecular weight is 369 g/mol. The number of aromatic nitrogens is 2. The molecular formula is C17H18F3N3OS. The van der Waals surface area contributed by atoms with Gasteiger partial charge in [0.1, 0.15) is 5.03 Å². The lowest BCUT2D eigenvalue weighted by molar-refractivity contribution is -0.145. The standard InChI is InChI=1S/C17H18F3N3OS/c18-17(19,20)16-21-13-8-4-3-7-12(13)15(22-16)25-11-14(24)23-9-5-1-2-6-10-23/h3-4,7-8H,1-2,5-6,9-11H2. The van der Waals surface area contributed by atoms with E-state index in [1.165, 1.54) is 6.07 Å². The molecule has 1 aliphatic rings. The minimum Gasteiger partial charge on any atom is -0.342 e. The van der Waals surface area contributed by atoms with Crippen molar-refractivity contribution < 1.29 is 18.0 Å². The molecule has 0 spiro atoms. The van der Waals surface area contributed by atoms with Crippen molar-refractivity contribution in [3.8, 4) is 0 Å². The second-order valence-electron chi connectivity index (χ2n) is 5.95. The molecule has 1 amide bonds. The summed E-state index contributed by atoms with van der Waals surface area (Å²) in [5.41, 5.74) is 0.231. The molecule has 3 rings (SSSR count). The first-order valence-electron chi connectivity index (χ1n) is 8.20. The molecular weight excluding hydrogens is 351 g/mol. The lowest BCUT2D eigenvalue weighted by Gasteiger charge is -2.20. The number of carbonyl (C=O) groups is 1. The van der Waals surface area contributed by atoms with E-state index in [0.29, 0.717) is 5.39 Å². The van der Waals surface area contributed by atoms with E-state index >= 15 is 0 Å². The Labute approximate surface area is 147 Å². The normalized spacial score (nSPS) is 16.0. The summed E-state index contributed by atoms with van der Waals surface area (Å²) in [6.45, 7) is 1.44. The molecule has 1 aromatic carbocycles. The van der Waals surface area contributed by atoms with Crippen LogP contribution in [0.3, 0.4) is 0 Å². The number of para-hydroxylation sites is 1. The number of nitrogens with zero attached hydrogens (tertiary/aromatic N) is 3. The molecule has 0 N–H and O–H groups in total. The number of likely N-dealkylation sites (tertiary alicyclic amines) is 1. The summed E-state index contributed by atoms with van der Waals surface area (Å²) >= 11 is 1.05. The fourth-order valence-corrected chi connectivity index (χ4v) is 3.75. The van der Waals surface area contributed by atoms with E-state index < -0.39 is 12.0 Å². The topological polar surface area (TPSA) is 46.1 Å². The van der Waals surface area contributed by atoms with E-state index in [1.54, 1.807) is 23.1 Å². The van der Waals surface area contributed by atoms with Gasteiger partial charge in [0.15, 0.2) is 0 Å². The monoisotopic (exact) mass is 369 g/mol. The number of fused-ring (bicyclic) bond motifs is 1. The molecule has 0 aliphatic carbocycles. The van der Waals surface area contributed by atoms with E-state index in [0.717, 1.165) is 50.5 Å². The van der Waals surface area contributed by atoms with E-state index in [2.05, 4.69) is 9.97 Å². The highest BCUT2D eigenvalue weighted by Crippen LogP contribution is 2.32. The number of rotatable bonds is 3. The van der Waals surface area contributed by atoms with E-state index in [9.17, 15) is 18.0 Å². The van der Waals surface area contributed by atoms with Crippen molar-refractivity contribution in [3.05, 3.63) is 30.1 Å². The van der Waals surface area contributed by atoms with Crippen molar-refractivity contribution in [2.45, 2.75) is 36.9 Å².